The van der Waals surface area contributed by atoms with Crippen molar-refractivity contribution >= 4 is 19.8 Å². The van der Waals surface area contributed by atoms with E-state index >= 15 is 0 Å². The van der Waals surface area contributed by atoms with Gasteiger partial charge in [-0.2, -0.15) is 0 Å². The SMILES string of the molecule is CC/C=C\C/C=C\C/C=C\C/C=C\C/C=C\C/C=C\C/C=C\C/C=C\C/C=C\C/C=C\C/C=C\CCCCCC(=O)OC(COC(=O)CCCCCCCCCCCCCCCCCCCCC)COP(=O)(O)OCC[N+](C)(C)C. The zero-order valence-corrected chi connectivity index (χ0v) is 52.7. The number of nitrogens with zero attached hydrogens (tertiary/aromatic N) is 1. The van der Waals surface area contributed by atoms with E-state index in [2.05, 4.69) is 148 Å². The maximum atomic E-state index is 12.8. The fourth-order valence-electron chi connectivity index (χ4n) is 8.31. The Morgan fingerprint density at radius 2 is 0.713 bits per heavy atom. The number of carbonyl (C=O) groups is 2. The van der Waals surface area contributed by atoms with Crippen LogP contribution in [0.2, 0.25) is 0 Å². The molecule has 0 heterocycles. The number of hydrogen-bond donors (Lipinski definition) is 1. The summed E-state index contributed by atoms with van der Waals surface area (Å²) in [6, 6.07) is 0. The van der Waals surface area contributed by atoms with E-state index in [1.54, 1.807) is 0 Å². The van der Waals surface area contributed by atoms with Crippen molar-refractivity contribution in [3.63, 3.8) is 0 Å². The van der Waals surface area contributed by atoms with E-state index in [1.807, 2.05) is 21.1 Å². The number of unbranched alkanes of at least 4 members (excludes halogenated alkanes) is 21. The van der Waals surface area contributed by atoms with Crippen LogP contribution in [0.3, 0.4) is 0 Å². The molecular formula is C70H119NO8P+. The Kier molecular flexibility index (Phi) is 56.9. The third kappa shape index (κ3) is 63.3. The molecular weight excluding hydrogens is 1010 g/mol. The smallest absolute Gasteiger partial charge is 0.462 e. The van der Waals surface area contributed by atoms with Gasteiger partial charge in [0.05, 0.1) is 27.7 Å². The molecule has 0 fully saturated rings. The highest BCUT2D eigenvalue weighted by Crippen LogP contribution is 2.43. The number of quaternary nitrogens is 1. The molecule has 1 N–H and O–H groups in total. The summed E-state index contributed by atoms with van der Waals surface area (Å²) in [4.78, 5) is 35.7. The molecule has 0 aromatic rings. The lowest BCUT2D eigenvalue weighted by molar-refractivity contribution is -0.870. The fourth-order valence-corrected chi connectivity index (χ4v) is 9.06. The van der Waals surface area contributed by atoms with E-state index in [0.29, 0.717) is 17.4 Å². The highest BCUT2D eigenvalue weighted by Gasteiger charge is 2.27. The third-order valence-electron chi connectivity index (χ3n) is 13.2. The minimum atomic E-state index is -4.40. The van der Waals surface area contributed by atoms with Gasteiger partial charge in [0, 0.05) is 12.8 Å². The Labute approximate surface area is 491 Å². The van der Waals surface area contributed by atoms with Crippen molar-refractivity contribution < 1.29 is 42.1 Å². The predicted molar refractivity (Wildman–Crippen MR) is 344 cm³/mol. The van der Waals surface area contributed by atoms with Crippen molar-refractivity contribution in [3.8, 4) is 0 Å². The summed E-state index contributed by atoms with van der Waals surface area (Å²) in [5.74, 6) is -0.838. The fraction of sp³-hybridized carbons (Fsp3) is 0.657. The quantitative estimate of drug-likeness (QED) is 0.0211. The van der Waals surface area contributed by atoms with Gasteiger partial charge in [-0.1, -0.05) is 270 Å². The number of carbonyl (C=O) groups excluding carboxylic acids is 2. The molecule has 0 saturated heterocycles. The molecule has 0 aromatic heterocycles. The minimum Gasteiger partial charge on any atom is -0.462 e. The van der Waals surface area contributed by atoms with Crippen molar-refractivity contribution in [1.29, 1.82) is 0 Å². The number of allylic oxidation sites excluding steroid dienone is 22. The van der Waals surface area contributed by atoms with Crippen molar-refractivity contribution in [2.75, 3.05) is 47.5 Å². The van der Waals surface area contributed by atoms with Gasteiger partial charge < -0.3 is 18.9 Å². The highest BCUT2D eigenvalue weighted by atomic mass is 31.2. The van der Waals surface area contributed by atoms with Crippen LogP contribution < -0.4 is 0 Å². The molecule has 0 rings (SSSR count). The number of esters is 2. The van der Waals surface area contributed by atoms with E-state index in [1.165, 1.54) is 103 Å². The third-order valence-corrected chi connectivity index (χ3v) is 14.2. The predicted octanol–water partition coefficient (Wildman–Crippen LogP) is 20.5. The first-order chi connectivity index (χ1) is 39.0. The van der Waals surface area contributed by atoms with Crippen LogP contribution in [0.5, 0.6) is 0 Å². The average molecular weight is 1130 g/mol. The van der Waals surface area contributed by atoms with Crippen molar-refractivity contribution in [2.24, 2.45) is 0 Å². The number of phosphoric acid groups is 1. The molecule has 80 heavy (non-hydrogen) atoms. The van der Waals surface area contributed by atoms with Crippen molar-refractivity contribution in [1.82, 2.24) is 0 Å². The monoisotopic (exact) mass is 1130 g/mol. The molecule has 0 aliphatic heterocycles. The van der Waals surface area contributed by atoms with Crippen LogP contribution in [0.15, 0.2) is 134 Å². The lowest BCUT2D eigenvalue weighted by Gasteiger charge is -2.24. The summed E-state index contributed by atoms with van der Waals surface area (Å²) in [5, 5.41) is 0. The lowest BCUT2D eigenvalue weighted by atomic mass is 10.0. The van der Waals surface area contributed by atoms with Crippen LogP contribution in [0, 0.1) is 0 Å². The molecule has 456 valence electrons. The van der Waals surface area contributed by atoms with Crippen LogP contribution in [0.4, 0.5) is 0 Å². The van der Waals surface area contributed by atoms with Gasteiger partial charge in [-0.25, -0.2) is 4.57 Å². The molecule has 0 radical (unpaired) electrons. The molecule has 0 aromatic carbocycles. The Morgan fingerprint density at radius 3 is 1.06 bits per heavy atom. The van der Waals surface area contributed by atoms with Crippen molar-refractivity contribution in [2.45, 2.75) is 251 Å². The first kappa shape index (κ1) is 76.1. The summed E-state index contributed by atoms with van der Waals surface area (Å²) in [6.07, 6.45) is 86.8. The van der Waals surface area contributed by atoms with Crippen LogP contribution in [-0.4, -0.2) is 74.9 Å². The second-order valence-electron chi connectivity index (χ2n) is 22.1. The molecule has 0 saturated carbocycles. The number of rotatable bonds is 57. The van der Waals surface area contributed by atoms with E-state index in [4.69, 9.17) is 18.5 Å². The summed E-state index contributed by atoms with van der Waals surface area (Å²) in [5.41, 5.74) is 0. The Balaban J connectivity index is 4.22. The number of hydrogen-bond acceptors (Lipinski definition) is 7. The van der Waals surface area contributed by atoms with Crippen LogP contribution in [0.1, 0.15) is 245 Å². The van der Waals surface area contributed by atoms with Crippen LogP contribution in [-0.2, 0) is 32.7 Å². The van der Waals surface area contributed by atoms with E-state index in [9.17, 15) is 19.0 Å². The average Bonchev–Trinajstić information content (AvgIpc) is 3.42. The Morgan fingerprint density at radius 1 is 0.400 bits per heavy atom. The van der Waals surface area contributed by atoms with Gasteiger partial charge in [-0.3, -0.25) is 18.6 Å². The van der Waals surface area contributed by atoms with E-state index in [0.717, 1.165) is 109 Å². The van der Waals surface area contributed by atoms with Gasteiger partial charge in [-0.05, 0) is 96.3 Å². The van der Waals surface area contributed by atoms with Gasteiger partial charge in [0.15, 0.2) is 6.10 Å². The second kappa shape index (κ2) is 59.8. The summed E-state index contributed by atoms with van der Waals surface area (Å²) < 4.78 is 34.6. The number of ether oxygens (including phenoxy) is 2. The molecule has 0 amide bonds. The zero-order valence-electron chi connectivity index (χ0n) is 51.8. The molecule has 10 heteroatoms. The Hall–Kier alpha value is -3.85. The number of phosphoric ester groups is 1. The maximum Gasteiger partial charge on any atom is 0.472 e. The van der Waals surface area contributed by atoms with Gasteiger partial charge in [-0.15, -0.1) is 0 Å². The normalized spacial score (nSPS) is 14.1. The Bertz CT molecular complexity index is 1810. The molecule has 0 bridgehead atoms. The van der Waals surface area contributed by atoms with Crippen molar-refractivity contribution in [3.05, 3.63) is 134 Å². The topological polar surface area (TPSA) is 108 Å². The van der Waals surface area contributed by atoms with Crippen LogP contribution in [0.25, 0.3) is 0 Å². The largest absolute Gasteiger partial charge is 0.472 e. The van der Waals surface area contributed by atoms with Gasteiger partial charge in [0.25, 0.3) is 0 Å². The molecule has 9 nitrogen and oxygen atoms in total. The first-order valence-corrected chi connectivity index (χ1v) is 33.4. The van der Waals surface area contributed by atoms with Gasteiger partial charge >= 0.3 is 19.8 Å². The van der Waals surface area contributed by atoms with E-state index < -0.39 is 26.5 Å². The van der Waals surface area contributed by atoms with Gasteiger partial charge in [0.2, 0.25) is 0 Å². The zero-order chi connectivity index (χ0) is 58.4. The molecule has 0 spiro atoms. The summed E-state index contributed by atoms with van der Waals surface area (Å²) in [6.45, 7) is 4.29. The van der Waals surface area contributed by atoms with Gasteiger partial charge in [0.1, 0.15) is 19.8 Å². The molecule has 0 aliphatic rings. The van der Waals surface area contributed by atoms with Crippen LogP contribution >= 0.6 is 7.82 Å². The first-order valence-electron chi connectivity index (χ1n) is 31.9. The lowest BCUT2D eigenvalue weighted by Crippen LogP contribution is -2.37. The summed E-state index contributed by atoms with van der Waals surface area (Å²) in [7, 11) is 1.44. The standard InChI is InChI=1S/C70H118NO8P/c1-6-8-10-12-14-16-18-20-22-24-26-27-28-29-30-31-32-33-34-35-36-37-38-39-40-41-42-43-45-47-49-51-53-55-57-59-61-63-70(73)79-68(67-78-80(74,75)77-65-64-71(3,4)5)66-76-69(72)62-60-58-56-54-52-50-48-46-44-25-23-21-19-17-15-13-11-9-7-2/h8,10,14,16,20,22,26-27,29-30,32-33,35-36,38-39,41-42,45,47,51,53,68H,6-7,9,11-13,15,17-19,21,23-25,28,31,34,37,40,43-44,46,48-50,52,54-67H2,1-5H3/p+1/b10-8-,16-14-,22-20-,27-26-,30-29-,33-32-,36-35-,39-38-,42-41-,47-45-,53-51-. The molecule has 2 unspecified atom stereocenters. The number of likely N-dealkylation sites (N-methyl/N-ethyl adjacent to an activating group) is 1. The second-order valence-corrected chi connectivity index (χ2v) is 23.5. The molecule has 0 aliphatic carbocycles. The highest BCUT2D eigenvalue weighted by molar-refractivity contribution is 7.47. The molecule has 2 atom stereocenters. The summed E-state index contributed by atoms with van der Waals surface area (Å²) >= 11 is 0. The van der Waals surface area contributed by atoms with E-state index in [-0.39, 0.29) is 32.0 Å². The minimum absolute atomic E-state index is 0.0193. The maximum absolute atomic E-state index is 12.8.